The third-order valence-corrected chi connectivity index (χ3v) is 11.4. The van der Waals surface area contributed by atoms with Gasteiger partial charge in [-0.25, -0.2) is 0 Å². The fraction of sp³-hybridized carbons (Fsp3) is 0.378. The highest BCUT2D eigenvalue weighted by atomic mass is 32.2. The Balaban J connectivity index is 1.25. The number of hydrogen-bond donors (Lipinski definition) is 0. The van der Waals surface area contributed by atoms with E-state index in [1.165, 1.54) is 46.2 Å². The second kappa shape index (κ2) is 10.0. The van der Waals surface area contributed by atoms with Crippen molar-refractivity contribution < 1.29 is 4.42 Å². The van der Waals surface area contributed by atoms with Gasteiger partial charge in [0.2, 0.25) is 0 Å². The summed E-state index contributed by atoms with van der Waals surface area (Å²) in [7, 11) is 0. The molecule has 3 heteroatoms. The molecule has 8 rings (SSSR count). The first-order valence-electron chi connectivity index (χ1n) is 15.3. The third kappa shape index (κ3) is 4.07. The van der Waals surface area contributed by atoms with Gasteiger partial charge in [-0.15, -0.1) is 0 Å². The first kappa shape index (κ1) is 24.6. The van der Waals surface area contributed by atoms with Crippen LogP contribution in [0.3, 0.4) is 0 Å². The van der Waals surface area contributed by atoms with E-state index in [2.05, 4.69) is 66.8 Å². The van der Waals surface area contributed by atoms with Crippen LogP contribution in [0.1, 0.15) is 115 Å². The SMILES string of the molecule is N#Cc1cc(C2CC=C3SC4=C(C=CCC4)C3C2)c(C2=Cc3c(oc4c3CCC=C4)CC2)cc1C1CC=CCC1. The number of rotatable bonds is 3. The van der Waals surface area contributed by atoms with Gasteiger partial charge in [-0.3, -0.25) is 0 Å². The molecule has 0 bridgehead atoms. The summed E-state index contributed by atoms with van der Waals surface area (Å²) in [6.07, 6.45) is 30.7. The van der Waals surface area contributed by atoms with Gasteiger partial charge in [0.15, 0.2) is 0 Å². The van der Waals surface area contributed by atoms with Gasteiger partial charge < -0.3 is 4.42 Å². The molecule has 0 radical (unpaired) electrons. The first-order valence-corrected chi connectivity index (χ1v) is 16.1. The summed E-state index contributed by atoms with van der Waals surface area (Å²) in [4.78, 5) is 3.17. The minimum Gasteiger partial charge on any atom is -0.461 e. The summed E-state index contributed by atoms with van der Waals surface area (Å²) in [6.45, 7) is 0. The van der Waals surface area contributed by atoms with E-state index in [1.54, 1.807) is 15.4 Å². The van der Waals surface area contributed by atoms with Gasteiger partial charge in [-0.05, 0) is 138 Å². The molecule has 1 aromatic carbocycles. The van der Waals surface area contributed by atoms with Crippen LogP contribution in [0.4, 0.5) is 0 Å². The number of aryl methyl sites for hydroxylation is 1. The van der Waals surface area contributed by atoms with E-state index in [4.69, 9.17) is 4.42 Å². The number of hydrogen-bond acceptors (Lipinski definition) is 3. The van der Waals surface area contributed by atoms with Gasteiger partial charge in [-0.1, -0.05) is 48.2 Å². The second-order valence-corrected chi connectivity index (χ2v) is 13.4. The van der Waals surface area contributed by atoms with Gasteiger partial charge in [-0.2, -0.15) is 5.26 Å². The molecular formula is C37H35NOS. The standard InChI is InChI=1S/C37H35NOS/c38-22-26-20-30(25-15-17-37-33(19-25)28-11-5-7-13-36(28)40-37)31(21-29(26)23-8-2-1-3-9-23)24-14-16-35-32(18-24)27-10-4-6-12-34(27)39-35/h1-2,5-6,11-12,17-18,20-21,23,25,33H,3-4,7-10,13-16,19H2. The summed E-state index contributed by atoms with van der Waals surface area (Å²) in [5.41, 5.74) is 10.7. The summed E-state index contributed by atoms with van der Waals surface area (Å²) in [5.74, 6) is 3.61. The van der Waals surface area contributed by atoms with Crippen molar-refractivity contribution in [2.75, 3.05) is 0 Å². The fourth-order valence-corrected chi connectivity index (χ4v) is 9.33. The first-order chi connectivity index (χ1) is 19.8. The van der Waals surface area contributed by atoms with Crippen molar-refractivity contribution in [2.45, 2.75) is 82.5 Å². The fourth-order valence-electron chi connectivity index (χ4n) is 7.95. The zero-order chi connectivity index (χ0) is 26.6. The minimum atomic E-state index is 0.433. The molecule has 0 amide bonds. The summed E-state index contributed by atoms with van der Waals surface area (Å²) in [5, 5.41) is 10.4. The highest BCUT2D eigenvalue weighted by Crippen LogP contribution is 2.56. The van der Waals surface area contributed by atoms with E-state index >= 15 is 0 Å². The quantitative estimate of drug-likeness (QED) is 0.363. The summed E-state index contributed by atoms with van der Waals surface area (Å²) >= 11 is 2.05. The molecule has 1 aliphatic heterocycles. The van der Waals surface area contributed by atoms with Gasteiger partial charge >= 0.3 is 0 Å². The summed E-state index contributed by atoms with van der Waals surface area (Å²) < 4.78 is 6.31. The lowest BCUT2D eigenvalue weighted by molar-refractivity contribution is 0.497. The maximum atomic E-state index is 10.4. The Morgan fingerprint density at radius 2 is 1.80 bits per heavy atom. The Morgan fingerprint density at radius 3 is 2.70 bits per heavy atom. The number of benzene rings is 1. The van der Waals surface area contributed by atoms with Crippen LogP contribution >= 0.6 is 11.8 Å². The van der Waals surface area contributed by atoms with E-state index in [9.17, 15) is 5.26 Å². The zero-order valence-corrected chi connectivity index (χ0v) is 23.9. The highest BCUT2D eigenvalue weighted by Gasteiger charge is 2.36. The Hall–Kier alpha value is -3.22. The van der Waals surface area contributed by atoms with Crippen LogP contribution in [0, 0.1) is 17.2 Å². The van der Waals surface area contributed by atoms with Gasteiger partial charge in [0, 0.05) is 23.5 Å². The third-order valence-electron chi connectivity index (χ3n) is 10.0. The van der Waals surface area contributed by atoms with E-state index < -0.39 is 0 Å². The molecule has 0 N–H and O–H groups in total. The number of nitrogens with zero attached hydrogens (tertiary/aromatic N) is 1. The monoisotopic (exact) mass is 541 g/mol. The van der Waals surface area contributed by atoms with Crippen molar-refractivity contribution in [3.8, 4) is 6.07 Å². The second-order valence-electron chi connectivity index (χ2n) is 12.3. The van der Waals surface area contributed by atoms with E-state index in [-0.39, 0.29) is 0 Å². The van der Waals surface area contributed by atoms with E-state index in [1.807, 2.05) is 11.8 Å². The van der Waals surface area contributed by atoms with Crippen molar-refractivity contribution in [1.82, 2.24) is 0 Å². The Labute approximate surface area is 241 Å². The lowest BCUT2D eigenvalue weighted by atomic mass is 9.73. The van der Waals surface area contributed by atoms with Crippen LogP contribution in [-0.4, -0.2) is 0 Å². The maximum Gasteiger partial charge on any atom is 0.130 e. The molecule has 3 atom stereocenters. The molecule has 0 fully saturated rings. The number of nitriles is 1. The van der Waals surface area contributed by atoms with Crippen molar-refractivity contribution in [1.29, 1.82) is 5.26 Å². The van der Waals surface area contributed by atoms with Crippen molar-refractivity contribution in [3.05, 3.63) is 109 Å². The van der Waals surface area contributed by atoms with Crippen LogP contribution in [0.15, 0.2) is 68.4 Å². The molecule has 0 saturated heterocycles. The molecule has 5 aliphatic carbocycles. The smallest absolute Gasteiger partial charge is 0.130 e. The van der Waals surface area contributed by atoms with Crippen molar-refractivity contribution >= 4 is 29.5 Å². The number of fused-ring (bicyclic) bond motifs is 5. The maximum absolute atomic E-state index is 10.4. The highest BCUT2D eigenvalue weighted by molar-refractivity contribution is 8.07. The number of thioether (sulfide) groups is 1. The van der Waals surface area contributed by atoms with Crippen LogP contribution in [0.25, 0.3) is 17.7 Å². The number of furan rings is 1. The molecule has 0 spiro atoms. The molecule has 40 heavy (non-hydrogen) atoms. The van der Waals surface area contributed by atoms with Crippen molar-refractivity contribution in [3.63, 3.8) is 0 Å². The number of allylic oxidation sites excluding steroid dienone is 10. The molecule has 2 nitrogen and oxygen atoms in total. The topological polar surface area (TPSA) is 36.9 Å². The lowest BCUT2D eigenvalue weighted by Crippen LogP contribution is -2.16. The molecule has 3 unspecified atom stereocenters. The summed E-state index contributed by atoms with van der Waals surface area (Å²) in [6, 6.07) is 7.40. The molecule has 200 valence electrons. The van der Waals surface area contributed by atoms with Crippen LogP contribution < -0.4 is 0 Å². The van der Waals surface area contributed by atoms with E-state index in [0.29, 0.717) is 17.8 Å². The Morgan fingerprint density at radius 1 is 0.875 bits per heavy atom. The van der Waals surface area contributed by atoms with Gasteiger partial charge in [0.25, 0.3) is 0 Å². The lowest BCUT2D eigenvalue weighted by Gasteiger charge is -2.31. The molecule has 6 aliphatic rings. The zero-order valence-electron chi connectivity index (χ0n) is 23.0. The molecular weight excluding hydrogens is 506 g/mol. The minimum absolute atomic E-state index is 0.433. The van der Waals surface area contributed by atoms with Crippen LogP contribution in [-0.2, 0) is 12.8 Å². The normalized spacial score (nSPS) is 26.4. The van der Waals surface area contributed by atoms with Crippen molar-refractivity contribution in [2.24, 2.45) is 5.92 Å². The molecule has 2 aromatic rings. The predicted octanol–water partition coefficient (Wildman–Crippen LogP) is 10.1. The molecule has 2 heterocycles. The Kier molecular flexibility index (Phi) is 6.14. The van der Waals surface area contributed by atoms with Gasteiger partial charge in [0.05, 0.1) is 11.6 Å². The van der Waals surface area contributed by atoms with Gasteiger partial charge in [0.1, 0.15) is 11.5 Å². The van der Waals surface area contributed by atoms with Crippen LogP contribution in [0.5, 0.6) is 0 Å². The average molecular weight is 542 g/mol. The predicted molar refractivity (Wildman–Crippen MR) is 166 cm³/mol. The van der Waals surface area contributed by atoms with Crippen LogP contribution in [0.2, 0.25) is 0 Å². The molecule has 0 saturated carbocycles. The Bertz CT molecular complexity index is 1630. The molecule has 1 aromatic heterocycles. The van der Waals surface area contributed by atoms with E-state index in [0.717, 1.165) is 74.9 Å². The largest absolute Gasteiger partial charge is 0.461 e. The average Bonchev–Trinajstić information content (AvgIpc) is 3.58.